The molecule has 0 aliphatic heterocycles. The van der Waals surface area contributed by atoms with Crippen LogP contribution in [-0.2, 0) is 17.6 Å². The number of carboxylic acid groups (broad SMARTS) is 1. The Labute approximate surface area is 153 Å². The van der Waals surface area contributed by atoms with E-state index in [1.807, 2.05) is 4.40 Å². The van der Waals surface area contributed by atoms with Gasteiger partial charge in [0.25, 0.3) is 0 Å². The maximum atomic E-state index is 10.8. The molecule has 0 radical (unpaired) electrons. The Hall–Kier alpha value is -1.67. The summed E-state index contributed by atoms with van der Waals surface area (Å²) in [5, 5.41) is 21.2. The first-order valence-electron chi connectivity index (χ1n) is 8.47. The van der Waals surface area contributed by atoms with Gasteiger partial charge >= 0.3 is 0 Å². The number of aliphatic carboxylic acids is 1. The summed E-state index contributed by atoms with van der Waals surface area (Å²) >= 11 is 2.91. The lowest BCUT2D eigenvalue weighted by atomic mass is 9.89. The average Bonchev–Trinajstić information content (AvgIpc) is 3.11. The quantitative estimate of drug-likeness (QED) is 0.651. The number of carbonyl (C=O) groups excluding carboxylic acids is 1. The van der Waals surface area contributed by atoms with E-state index in [1.165, 1.54) is 16.9 Å². The predicted molar refractivity (Wildman–Crippen MR) is 97.2 cm³/mol. The van der Waals surface area contributed by atoms with Gasteiger partial charge in [0.1, 0.15) is 10.7 Å². The number of hydrogen-bond acceptors (Lipinski definition) is 7. The van der Waals surface area contributed by atoms with Crippen LogP contribution in [0.5, 0.6) is 0 Å². The number of aryl methyl sites for hydroxylation is 1. The molecule has 3 aromatic rings. The number of rotatable bonds is 4. The molecule has 4 rings (SSSR count). The number of hydrogen-bond donors (Lipinski definition) is 0. The summed E-state index contributed by atoms with van der Waals surface area (Å²) in [7, 11) is 0. The minimum Gasteiger partial charge on any atom is -0.549 e. The molecule has 0 unspecified atom stereocenters. The smallest absolute Gasteiger partial charge is 0.197 e. The minimum absolute atomic E-state index is 0.143. The lowest BCUT2D eigenvalue weighted by Crippen LogP contribution is -2.24. The van der Waals surface area contributed by atoms with Crippen molar-refractivity contribution in [2.24, 2.45) is 5.92 Å². The molecule has 132 valence electrons. The fraction of sp³-hybridized carbons (Fsp3) is 0.529. The van der Waals surface area contributed by atoms with Crippen LogP contribution in [0.3, 0.4) is 0 Å². The molecule has 0 bridgehead atoms. The molecule has 3 aromatic heterocycles. The van der Waals surface area contributed by atoms with Crippen LogP contribution in [-0.4, -0.2) is 31.3 Å². The SMILES string of the molecule is CC(C)c1nc2sc3c(c2c2nnc(SCC(=O)[O-])n12)CC[C@H](C)C3. The molecule has 0 aromatic carbocycles. The minimum atomic E-state index is -1.11. The first-order valence-corrected chi connectivity index (χ1v) is 10.3. The van der Waals surface area contributed by atoms with E-state index in [0.717, 1.165) is 46.3 Å². The fourth-order valence-electron chi connectivity index (χ4n) is 3.44. The Morgan fingerprint density at radius 1 is 1.44 bits per heavy atom. The second kappa shape index (κ2) is 6.25. The van der Waals surface area contributed by atoms with Gasteiger partial charge in [-0.2, -0.15) is 0 Å². The van der Waals surface area contributed by atoms with Crippen LogP contribution < -0.4 is 5.11 Å². The molecule has 0 fully saturated rings. The van der Waals surface area contributed by atoms with Gasteiger partial charge in [0.05, 0.1) is 11.4 Å². The molecule has 0 N–H and O–H groups in total. The van der Waals surface area contributed by atoms with Gasteiger partial charge in [0, 0.05) is 16.5 Å². The Morgan fingerprint density at radius 2 is 2.24 bits per heavy atom. The summed E-state index contributed by atoms with van der Waals surface area (Å²) < 4.78 is 1.94. The maximum Gasteiger partial charge on any atom is 0.197 e. The number of nitrogens with zero attached hydrogens (tertiary/aromatic N) is 4. The lowest BCUT2D eigenvalue weighted by Gasteiger charge is -2.17. The standard InChI is InChI=1S/C17H20N4O2S2/c1-8(2)14-18-16-13(10-5-4-9(3)6-11(10)25-16)15-19-20-17(21(14)15)24-7-12(22)23/h8-9H,4-7H2,1-3H3,(H,22,23)/p-1/t9-/m0/s1. The third-order valence-electron chi connectivity index (χ3n) is 4.63. The van der Waals surface area contributed by atoms with Crippen molar-refractivity contribution in [2.45, 2.75) is 51.1 Å². The van der Waals surface area contributed by atoms with E-state index in [0.29, 0.717) is 11.1 Å². The van der Waals surface area contributed by atoms with E-state index < -0.39 is 5.97 Å². The third kappa shape index (κ3) is 2.81. The summed E-state index contributed by atoms with van der Waals surface area (Å²) in [4.78, 5) is 18.2. The molecule has 3 heterocycles. The highest BCUT2D eigenvalue weighted by atomic mass is 32.2. The zero-order valence-electron chi connectivity index (χ0n) is 14.4. The Balaban J connectivity index is 1.97. The van der Waals surface area contributed by atoms with Gasteiger partial charge < -0.3 is 9.90 Å². The highest BCUT2D eigenvalue weighted by Crippen LogP contribution is 2.40. The summed E-state index contributed by atoms with van der Waals surface area (Å²) in [6, 6.07) is 0. The number of thioether (sulfide) groups is 1. The normalized spacial score (nSPS) is 17.5. The van der Waals surface area contributed by atoms with Gasteiger partial charge in [0.15, 0.2) is 10.8 Å². The molecule has 8 heteroatoms. The monoisotopic (exact) mass is 375 g/mol. The van der Waals surface area contributed by atoms with E-state index in [2.05, 4.69) is 31.0 Å². The summed E-state index contributed by atoms with van der Waals surface area (Å²) in [5.74, 6) is 0.510. The molecule has 0 saturated heterocycles. The Kier molecular flexibility index (Phi) is 4.19. The summed E-state index contributed by atoms with van der Waals surface area (Å²) in [6.45, 7) is 6.45. The van der Waals surface area contributed by atoms with Crippen molar-refractivity contribution in [3.05, 3.63) is 16.3 Å². The summed E-state index contributed by atoms with van der Waals surface area (Å²) in [5.41, 5.74) is 2.16. The lowest BCUT2D eigenvalue weighted by molar-refractivity contribution is -0.301. The molecule has 6 nitrogen and oxygen atoms in total. The molecule has 1 aliphatic rings. The van der Waals surface area contributed by atoms with Crippen LogP contribution in [0.4, 0.5) is 0 Å². The van der Waals surface area contributed by atoms with Crippen molar-refractivity contribution in [3.8, 4) is 0 Å². The van der Waals surface area contributed by atoms with Gasteiger partial charge in [-0.25, -0.2) is 4.98 Å². The van der Waals surface area contributed by atoms with Crippen LogP contribution in [0.15, 0.2) is 5.16 Å². The van der Waals surface area contributed by atoms with Gasteiger partial charge in [-0.3, -0.25) is 4.40 Å². The van der Waals surface area contributed by atoms with Crippen LogP contribution in [0.1, 0.15) is 49.4 Å². The third-order valence-corrected chi connectivity index (χ3v) is 6.68. The van der Waals surface area contributed by atoms with Crippen LogP contribution in [0, 0.1) is 5.92 Å². The molecule has 1 aliphatic carbocycles. The van der Waals surface area contributed by atoms with Crippen LogP contribution in [0.2, 0.25) is 0 Å². The zero-order valence-corrected chi connectivity index (χ0v) is 16.0. The van der Waals surface area contributed by atoms with Crippen LogP contribution >= 0.6 is 23.1 Å². The van der Waals surface area contributed by atoms with Gasteiger partial charge in [0.2, 0.25) is 0 Å². The highest BCUT2D eigenvalue weighted by Gasteiger charge is 2.26. The number of carboxylic acids is 1. The van der Waals surface area contributed by atoms with Crippen molar-refractivity contribution >= 4 is 44.9 Å². The van der Waals surface area contributed by atoms with E-state index in [4.69, 9.17) is 4.98 Å². The van der Waals surface area contributed by atoms with E-state index in [1.54, 1.807) is 11.3 Å². The zero-order chi connectivity index (χ0) is 17.7. The molecule has 0 amide bonds. The van der Waals surface area contributed by atoms with E-state index in [9.17, 15) is 9.90 Å². The molecular weight excluding hydrogens is 356 g/mol. The van der Waals surface area contributed by atoms with Crippen molar-refractivity contribution in [1.29, 1.82) is 0 Å². The van der Waals surface area contributed by atoms with Crippen molar-refractivity contribution in [1.82, 2.24) is 19.6 Å². The van der Waals surface area contributed by atoms with Crippen LogP contribution in [0.25, 0.3) is 15.9 Å². The van der Waals surface area contributed by atoms with Gasteiger partial charge in [-0.15, -0.1) is 21.5 Å². The maximum absolute atomic E-state index is 10.8. The Morgan fingerprint density at radius 3 is 2.96 bits per heavy atom. The second-order valence-electron chi connectivity index (χ2n) is 6.96. The topological polar surface area (TPSA) is 83.2 Å². The second-order valence-corrected chi connectivity index (χ2v) is 8.99. The van der Waals surface area contributed by atoms with Crippen molar-refractivity contribution in [3.63, 3.8) is 0 Å². The van der Waals surface area contributed by atoms with Crippen molar-refractivity contribution in [2.75, 3.05) is 5.75 Å². The number of carbonyl (C=O) groups is 1. The average molecular weight is 375 g/mol. The summed E-state index contributed by atoms with van der Waals surface area (Å²) in [6.07, 6.45) is 3.32. The number of fused-ring (bicyclic) bond motifs is 5. The van der Waals surface area contributed by atoms with Crippen molar-refractivity contribution < 1.29 is 9.90 Å². The van der Waals surface area contributed by atoms with E-state index in [-0.39, 0.29) is 11.7 Å². The number of thiophene rings is 1. The van der Waals surface area contributed by atoms with Gasteiger partial charge in [-0.05, 0) is 30.7 Å². The fourth-order valence-corrected chi connectivity index (χ4v) is 5.48. The molecule has 0 spiro atoms. The molecular formula is C17H19N4O2S2-. The van der Waals surface area contributed by atoms with E-state index >= 15 is 0 Å². The molecule has 0 saturated carbocycles. The first-order chi connectivity index (χ1) is 12.0. The molecule has 25 heavy (non-hydrogen) atoms. The van der Waals surface area contributed by atoms with Gasteiger partial charge in [-0.1, -0.05) is 32.5 Å². The number of aromatic nitrogens is 4. The molecule has 1 atom stereocenters. The predicted octanol–water partition coefficient (Wildman–Crippen LogP) is 2.43. The first kappa shape index (κ1) is 16.8. The largest absolute Gasteiger partial charge is 0.549 e. The highest BCUT2D eigenvalue weighted by molar-refractivity contribution is 7.99. The Bertz CT molecular complexity index is 976.